The van der Waals surface area contributed by atoms with Gasteiger partial charge in [-0.25, -0.2) is 0 Å². The summed E-state index contributed by atoms with van der Waals surface area (Å²) < 4.78 is 8.41. The Morgan fingerprint density at radius 2 is 1.56 bits per heavy atom. The van der Waals surface area contributed by atoms with Gasteiger partial charge < -0.3 is 9.10 Å². The summed E-state index contributed by atoms with van der Waals surface area (Å²) in [6.45, 7) is 4.20. The lowest BCUT2D eigenvalue weighted by Crippen LogP contribution is -2.04. The number of hydrogen-bond acceptors (Lipinski definition) is 1. The van der Waals surface area contributed by atoms with Gasteiger partial charge in [0.15, 0.2) is 6.61 Å². The van der Waals surface area contributed by atoms with Gasteiger partial charge >= 0.3 is 0 Å². The summed E-state index contributed by atoms with van der Waals surface area (Å²) in [5.41, 5.74) is 2.78. The first-order valence-electron chi connectivity index (χ1n) is 10.2. The van der Waals surface area contributed by atoms with Crippen LogP contribution in [-0.4, -0.2) is 13.7 Å². The van der Waals surface area contributed by atoms with Gasteiger partial charge in [-0.2, -0.15) is 5.57 Å². The predicted octanol–water partition coefficient (Wildman–Crippen LogP) is 6.76. The van der Waals surface area contributed by atoms with Crippen molar-refractivity contribution in [1.82, 2.24) is 0 Å². The Labute approximate surface area is 154 Å². The molecule has 0 fully saturated rings. The van der Waals surface area contributed by atoms with Crippen molar-refractivity contribution in [2.75, 3.05) is 13.7 Å². The topological polar surface area (TPSA) is 11.9 Å². The Hall–Kier alpha value is -1.44. The van der Waals surface area contributed by atoms with E-state index >= 15 is 0 Å². The molecule has 0 aliphatic carbocycles. The Balaban J connectivity index is 1.55. The molecule has 0 amide bonds. The smallest absolute Gasteiger partial charge is 0.171 e. The quantitative estimate of drug-likeness (QED) is 0.219. The molecule has 1 aliphatic rings. The maximum atomic E-state index is 5.21. The van der Waals surface area contributed by atoms with Gasteiger partial charge in [0.25, 0.3) is 0 Å². The highest BCUT2D eigenvalue weighted by atomic mass is 16.7. The summed E-state index contributed by atoms with van der Waals surface area (Å²) in [6.07, 6.45) is 18.5. The number of rotatable bonds is 13. The van der Waals surface area contributed by atoms with Crippen LogP contribution in [0.1, 0.15) is 83.1 Å². The maximum absolute atomic E-state index is 5.21. The van der Waals surface area contributed by atoms with Crippen LogP contribution >= 0.6 is 0 Å². The molecule has 1 heterocycles. The summed E-state index contributed by atoms with van der Waals surface area (Å²) in [4.78, 5) is 0. The third-order valence-electron chi connectivity index (χ3n) is 5.02. The highest BCUT2D eigenvalue weighted by Gasteiger charge is 2.08. The van der Waals surface area contributed by atoms with Crippen molar-refractivity contribution in [3.8, 4) is 5.75 Å². The number of benzene rings is 1. The van der Waals surface area contributed by atoms with Crippen LogP contribution in [0.5, 0.6) is 5.75 Å². The molecule has 2 heteroatoms. The standard InChI is InChI=1S/C23H36O2/c1-3-4-5-6-7-8-9-10-11-12-21-17-18-25(19-21)20-22-13-15-23(24-2)16-14-22/h13-16H,3-12,17-18,20H2,1-2H3. The molecule has 1 aliphatic heterocycles. The number of methoxy groups -OCH3 is 1. The molecule has 2 nitrogen and oxygen atoms in total. The minimum atomic E-state index is 0.880. The van der Waals surface area contributed by atoms with Crippen molar-refractivity contribution in [3.63, 3.8) is 0 Å². The largest absolute Gasteiger partial charge is 0.734 e. The fourth-order valence-corrected chi connectivity index (χ4v) is 3.41. The van der Waals surface area contributed by atoms with E-state index in [0.717, 1.165) is 25.4 Å². The molecule has 1 aromatic carbocycles. The van der Waals surface area contributed by atoms with Gasteiger partial charge in [-0.15, -0.1) is 6.26 Å². The summed E-state index contributed by atoms with van der Waals surface area (Å²) in [5, 5.41) is 0. The van der Waals surface area contributed by atoms with Gasteiger partial charge in [-0.3, -0.25) is 0 Å². The van der Waals surface area contributed by atoms with Crippen LogP contribution in [0.15, 0.2) is 29.8 Å². The van der Waals surface area contributed by atoms with Crippen molar-refractivity contribution in [1.29, 1.82) is 0 Å². The highest BCUT2D eigenvalue weighted by Crippen LogP contribution is 2.25. The molecule has 0 aromatic heterocycles. The fourth-order valence-electron chi connectivity index (χ4n) is 3.41. The summed E-state index contributed by atoms with van der Waals surface area (Å²) in [5.74, 6) is 0.917. The second-order valence-electron chi connectivity index (χ2n) is 7.22. The van der Waals surface area contributed by atoms with E-state index in [1.807, 2.05) is 12.1 Å². The lowest BCUT2D eigenvalue weighted by Gasteiger charge is -2.27. The lowest BCUT2D eigenvalue weighted by molar-refractivity contribution is -0.0725. The van der Waals surface area contributed by atoms with Crippen LogP contribution in [0.3, 0.4) is 0 Å². The van der Waals surface area contributed by atoms with Crippen LogP contribution in [0.2, 0.25) is 0 Å². The van der Waals surface area contributed by atoms with Crippen LogP contribution in [0, 0.1) is 6.26 Å². The van der Waals surface area contributed by atoms with Gasteiger partial charge in [0.1, 0.15) is 12.4 Å². The van der Waals surface area contributed by atoms with Crippen molar-refractivity contribution < 1.29 is 9.10 Å². The average Bonchev–Trinajstić information content (AvgIpc) is 3.08. The molecule has 0 radical (unpaired) electrons. The first-order chi connectivity index (χ1) is 12.3. The zero-order chi connectivity index (χ0) is 17.7. The van der Waals surface area contributed by atoms with Crippen LogP contribution in [-0.2, 0) is 11.0 Å². The number of ether oxygens (including phenoxy) is 1. The lowest BCUT2D eigenvalue weighted by atomic mass is 10.0. The van der Waals surface area contributed by atoms with E-state index < -0.39 is 0 Å². The second kappa shape index (κ2) is 12.0. The minimum absolute atomic E-state index is 0.880. The Morgan fingerprint density at radius 3 is 2.20 bits per heavy atom. The average molecular weight is 345 g/mol. The van der Waals surface area contributed by atoms with Gasteiger partial charge in [-0.05, 0) is 24.3 Å². The van der Waals surface area contributed by atoms with Gasteiger partial charge in [0.05, 0.1) is 7.11 Å². The van der Waals surface area contributed by atoms with Crippen molar-refractivity contribution >= 4 is 0 Å². The van der Waals surface area contributed by atoms with Gasteiger partial charge in [0, 0.05) is 12.0 Å². The summed E-state index contributed by atoms with van der Waals surface area (Å²) in [6, 6.07) is 8.32. The van der Waals surface area contributed by atoms with E-state index in [-0.39, 0.29) is 0 Å². The molecule has 2 rings (SSSR count). The molecular weight excluding hydrogens is 308 g/mol. The molecule has 0 atom stereocenters. The van der Waals surface area contributed by atoms with E-state index in [0.29, 0.717) is 0 Å². The first-order valence-corrected chi connectivity index (χ1v) is 10.2. The maximum Gasteiger partial charge on any atom is 0.171 e. The van der Waals surface area contributed by atoms with Gasteiger partial charge in [-0.1, -0.05) is 71.1 Å². The third-order valence-corrected chi connectivity index (χ3v) is 5.02. The van der Waals surface area contributed by atoms with Gasteiger partial charge in [0.2, 0.25) is 0 Å². The van der Waals surface area contributed by atoms with E-state index in [2.05, 4.69) is 29.7 Å². The Bertz CT molecular complexity index is 489. The minimum Gasteiger partial charge on any atom is -0.734 e. The highest BCUT2D eigenvalue weighted by molar-refractivity contribution is 5.26. The SMILES string of the molecule is CCCCCCCCCCCC1=[C-][O+](Cc2ccc(OC)cc2)CC1. The van der Waals surface area contributed by atoms with Crippen molar-refractivity contribution in [2.45, 2.75) is 84.2 Å². The zero-order valence-electron chi connectivity index (χ0n) is 16.3. The van der Waals surface area contributed by atoms with Crippen molar-refractivity contribution in [2.24, 2.45) is 0 Å². The molecule has 0 unspecified atom stereocenters. The fraction of sp³-hybridized carbons (Fsp3) is 0.652. The normalized spacial score (nSPS) is 14.0. The second-order valence-corrected chi connectivity index (χ2v) is 7.22. The van der Waals surface area contributed by atoms with E-state index in [1.54, 1.807) is 7.11 Å². The molecule has 1 aromatic rings. The summed E-state index contributed by atoms with van der Waals surface area (Å²) in [7, 11) is 1.71. The Kier molecular flexibility index (Phi) is 9.54. The molecule has 25 heavy (non-hydrogen) atoms. The van der Waals surface area contributed by atoms with Crippen molar-refractivity contribution in [3.05, 3.63) is 41.7 Å². The van der Waals surface area contributed by atoms with E-state index in [1.165, 1.54) is 75.3 Å². The van der Waals surface area contributed by atoms with Crippen LogP contribution in [0.4, 0.5) is 0 Å². The molecule has 0 spiro atoms. The van der Waals surface area contributed by atoms with E-state index in [9.17, 15) is 0 Å². The van der Waals surface area contributed by atoms with E-state index in [4.69, 9.17) is 4.74 Å². The monoisotopic (exact) mass is 344 g/mol. The third kappa shape index (κ3) is 7.98. The Morgan fingerprint density at radius 1 is 0.920 bits per heavy atom. The molecule has 0 bridgehead atoms. The molecule has 0 saturated carbocycles. The predicted molar refractivity (Wildman–Crippen MR) is 106 cm³/mol. The molecule has 140 valence electrons. The van der Waals surface area contributed by atoms with Crippen LogP contribution in [0.25, 0.3) is 0 Å². The zero-order valence-corrected chi connectivity index (χ0v) is 16.3. The first kappa shape index (κ1) is 19.9. The molecule has 0 N–H and O–H groups in total. The molecular formula is C23H36O2. The summed E-state index contributed by atoms with van der Waals surface area (Å²) >= 11 is 0. The number of hydrogen-bond donors (Lipinski definition) is 0. The van der Waals surface area contributed by atoms with Crippen LogP contribution < -0.4 is 4.74 Å². The molecule has 0 saturated heterocycles. The number of unbranched alkanes of at least 4 members (excludes halogenated alkanes) is 8.